The molecule has 4 nitrogen and oxygen atoms in total. The molecule has 0 fully saturated rings. The van der Waals surface area contributed by atoms with Crippen molar-refractivity contribution in [2.24, 2.45) is 0 Å². The van der Waals surface area contributed by atoms with Crippen LogP contribution in [0.1, 0.15) is 15.9 Å². The van der Waals surface area contributed by atoms with Crippen molar-refractivity contribution < 1.29 is 13.2 Å². The zero-order valence-electron chi connectivity index (χ0n) is 13.5. The minimum Gasteiger partial charge on any atom is -0.375 e. The van der Waals surface area contributed by atoms with Gasteiger partial charge in [0.1, 0.15) is 6.10 Å². The number of hydrogen-bond donors (Lipinski definition) is 1. The van der Waals surface area contributed by atoms with Gasteiger partial charge in [-0.25, -0.2) is 13.1 Å². The molecule has 0 saturated heterocycles. The number of aryl methyl sites for hydroxylation is 1. The lowest BCUT2D eigenvalue weighted by Gasteiger charge is -2.15. The number of hydrogen-bond acceptors (Lipinski definition) is 4. The smallest absolute Gasteiger partial charge is 0.240 e. The first kappa shape index (κ1) is 17.1. The number of thiophene rings is 1. The highest BCUT2D eigenvalue weighted by Gasteiger charge is 2.19. The van der Waals surface area contributed by atoms with Crippen molar-refractivity contribution >= 4 is 32.1 Å². The lowest BCUT2D eigenvalue weighted by molar-refractivity contribution is 0.110. The Balaban J connectivity index is 1.79. The zero-order valence-corrected chi connectivity index (χ0v) is 15.2. The monoisotopic (exact) mass is 361 g/mol. The predicted octanol–water partition coefficient (Wildman–Crippen LogP) is 3.88. The summed E-state index contributed by atoms with van der Waals surface area (Å²) >= 11 is 1.61. The number of rotatable bonds is 6. The molecule has 6 heteroatoms. The molecule has 0 amide bonds. The predicted molar refractivity (Wildman–Crippen MR) is 97.9 cm³/mol. The van der Waals surface area contributed by atoms with Crippen molar-refractivity contribution in [1.82, 2.24) is 4.72 Å². The Morgan fingerprint density at radius 1 is 1.08 bits per heavy atom. The van der Waals surface area contributed by atoms with Crippen molar-refractivity contribution in [2.75, 3.05) is 13.7 Å². The molecule has 3 aromatic rings. The molecule has 1 atom stereocenters. The Bertz CT molecular complexity index is 948. The van der Waals surface area contributed by atoms with Gasteiger partial charge >= 0.3 is 0 Å². The third-order valence-electron chi connectivity index (χ3n) is 3.85. The zero-order chi connectivity index (χ0) is 17.2. The van der Waals surface area contributed by atoms with E-state index in [1.165, 1.54) is 4.88 Å². The van der Waals surface area contributed by atoms with E-state index >= 15 is 0 Å². The van der Waals surface area contributed by atoms with Gasteiger partial charge in [0.05, 0.1) is 4.90 Å². The van der Waals surface area contributed by atoms with E-state index in [1.54, 1.807) is 30.6 Å². The summed E-state index contributed by atoms with van der Waals surface area (Å²) in [5, 5.41) is 1.91. The summed E-state index contributed by atoms with van der Waals surface area (Å²) < 4.78 is 33.2. The molecule has 0 bridgehead atoms. The van der Waals surface area contributed by atoms with E-state index < -0.39 is 10.0 Å². The van der Waals surface area contributed by atoms with Crippen LogP contribution in [-0.2, 0) is 14.8 Å². The summed E-state index contributed by atoms with van der Waals surface area (Å²) in [6.07, 6.45) is -0.293. The topological polar surface area (TPSA) is 55.4 Å². The molecule has 0 saturated carbocycles. The fourth-order valence-corrected chi connectivity index (χ4v) is 4.55. The highest BCUT2D eigenvalue weighted by atomic mass is 32.2. The molecule has 2 aromatic carbocycles. The number of ether oxygens (including phenoxy) is 1. The van der Waals surface area contributed by atoms with Gasteiger partial charge in [-0.3, -0.25) is 0 Å². The van der Waals surface area contributed by atoms with Crippen LogP contribution in [0, 0.1) is 6.92 Å². The van der Waals surface area contributed by atoms with Crippen LogP contribution in [0.3, 0.4) is 0 Å². The van der Waals surface area contributed by atoms with Crippen molar-refractivity contribution in [3.8, 4) is 0 Å². The first-order valence-corrected chi connectivity index (χ1v) is 9.87. The van der Waals surface area contributed by atoms with Gasteiger partial charge in [-0.15, -0.1) is 11.3 Å². The van der Waals surface area contributed by atoms with Gasteiger partial charge < -0.3 is 4.74 Å². The molecule has 0 aliphatic heterocycles. The molecule has 0 aliphatic rings. The Hall–Kier alpha value is -1.73. The maximum Gasteiger partial charge on any atom is 0.240 e. The molecule has 1 heterocycles. The number of methoxy groups -OCH3 is 1. The van der Waals surface area contributed by atoms with Gasteiger partial charge in [-0.2, -0.15) is 0 Å². The third kappa shape index (κ3) is 3.67. The molecule has 1 unspecified atom stereocenters. The first-order valence-electron chi connectivity index (χ1n) is 7.57. The summed E-state index contributed by atoms with van der Waals surface area (Å²) in [7, 11) is -2.00. The second kappa shape index (κ2) is 7.03. The Labute approximate surface area is 146 Å². The van der Waals surface area contributed by atoms with E-state index in [2.05, 4.69) is 4.72 Å². The number of fused-ring (bicyclic) bond motifs is 1. The Kier molecular flexibility index (Phi) is 5.01. The molecule has 3 rings (SSSR count). The van der Waals surface area contributed by atoms with E-state index in [0.29, 0.717) is 0 Å². The summed E-state index contributed by atoms with van der Waals surface area (Å²) in [6.45, 7) is 2.21. The van der Waals surface area contributed by atoms with Crippen LogP contribution in [0.2, 0.25) is 0 Å². The fourth-order valence-electron chi connectivity index (χ4n) is 2.53. The maximum atomic E-state index is 12.6. The number of benzene rings is 2. The molecule has 0 radical (unpaired) electrons. The van der Waals surface area contributed by atoms with Crippen LogP contribution in [-0.4, -0.2) is 22.1 Å². The van der Waals surface area contributed by atoms with Crippen molar-refractivity contribution in [1.29, 1.82) is 0 Å². The van der Waals surface area contributed by atoms with Crippen LogP contribution in [0.4, 0.5) is 0 Å². The molecule has 1 aromatic heterocycles. The van der Waals surface area contributed by atoms with Crippen molar-refractivity contribution in [3.05, 3.63) is 64.4 Å². The molecule has 0 aliphatic carbocycles. The van der Waals surface area contributed by atoms with Crippen LogP contribution in [0.5, 0.6) is 0 Å². The molecule has 0 spiro atoms. The highest BCUT2D eigenvalue weighted by molar-refractivity contribution is 7.89. The quantitative estimate of drug-likeness (QED) is 0.725. The fraction of sp³-hybridized carbons (Fsp3) is 0.222. The lowest BCUT2D eigenvalue weighted by atomic mass is 10.1. The van der Waals surface area contributed by atoms with Gasteiger partial charge in [-0.1, -0.05) is 30.3 Å². The van der Waals surface area contributed by atoms with Crippen LogP contribution in [0.15, 0.2) is 59.5 Å². The normalized spacial score (nSPS) is 13.2. The summed E-state index contributed by atoms with van der Waals surface area (Å²) in [5.41, 5.74) is 0. The Morgan fingerprint density at radius 3 is 2.50 bits per heavy atom. The Morgan fingerprint density at radius 2 is 1.83 bits per heavy atom. The van der Waals surface area contributed by atoms with Crippen molar-refractivity contribution in [2.45, 2.75) is 17.9 Å². The molecule has 1 N–H and O–H groups in total. The third-order valence-corrected chi connectivity index (χ3v) is 6.37. The average Bonchev–Trinajstić information content (AvgIpc) is 3.01. The largest absolute Gasteiger partial charge is 0.375 e. The summed E-state index contributed by atoms with van der Waals surface area (Å²) in [4.78, 5) is 2.44. The van der Waals surface area contributed by atoms with E-state index in [9.17, 15) is 8.42 Å². The van der Waals surface area contributed by atoms with Crippen LogP contribution >= 0.6 is 11.3 Å². The average molecular weight is 361 g/mol. The second-order valence-electron chi connectivity index (χ2n) is 5.53. The number of sulfonamides is 1. The first-order chi connectivity index (χ1) is 11.5. The van der Waals surface area contributed by atoms with Gasteiger partial charge in [0, 0.05) is 23.4 Å². The van der Waals surface area contributed by atoms with Crippen LogP contribution < -0.4 is 4.72 Å². The second-order valence-corrected chi connectivity index (χ2v) is 8.62. The summed E-state index contributed by atoms with van der Waals surface area (Å²) in [6, 6.07) is 16.8. The SMILES string of the molecule is COC(CNS(=O)(=O)c1ccc2ccccc2c1)c1ccc(C)s1. The van der Waals surface area contributed by atoms with E-state index in [1.807, 2.05) is 49.4 Å². The highest BCUT2D eigenvalue weighted by Crippen LogP contribution is 2.25. The van der Waals surface area contributed by atoms with E-state index in [0.717, 1.165) is 15.6 Å². The summed E-state index contributed by atoms with van der Waals surface area (Å²) in [5.74, 6) is 0. The standard InChI is InChI=1S/C18H19NO3S2/c1-13-7-10-18(23-13)17(22-2)12-19-24(20,21)16-9-8-14-5-3-4-6-15(14)11-16/h3-11,17,19H,12H2,1-2H3. The minimum absolute atomic E-state index is 0.200. The van der Waals surface area contributed by atoms with Crippen molar-refractivity contribution in [3.63, 3.8) is 0 Å². The van der Waals surface area contributed by atoms with Crippen LogP contribution in [0.25, 0.3) is 10.8 Å². The minimum atomic E-state index is -3.58. The molecule has 126 valence electrons. The molecular weight excluding hydrogens is 342 g/mol. The van der Waals surface area contributed by atoms with Gasteiger partial charge in [0.25, 0.3) is 0 Å². The van der Waals surface area contributed by atoms with Gasteiger partial charge in [0.2, 0.25) is 10.0 Å². The van der Waals surface area contributed by atoms with E-state index in [-0.39, 0.29) is 17.5 Å². The van der Waals surface area contributed by atoms with Gasteiger partial charge in [-0.05, 0) is 42.0 Å². The van der Waals surface area contributed by atoms with E-state index in [4.69, 9.17) is 4.74 Å². The molecular formula is C18H19NO3S2. The lowest BCUT2D eigenvalue weighted by Crippen LogP contribution is -2.29. The molecule has 24 heavy (non-hydrogen) atoms. The number of nitrogens with one attached hydrogen (secondary N) is 1. The van der Waals surface area contributed by atoms with Gasteiger partial charge in [0.15, 0.2) is 0 Å². The maximum absolute atomic E-state index is 12.6.